The minimum Gasteiger partial charge on any atom is -0.450 e. The molecule has 1 saturated heterocycles. The third-order valence-electron chi connectivity index (χ3n) is 8.02. The van der Waals surface area contributed by atoms with E-state index in [9.17, 15) is 14.4 Å². The lowest BCUT2D eigenvalue weighted by Crippen LogP contribution is -2.49. The van der Waals surface area contributed by atoms with Crippen LogP contribution in [0.1, 0.15) is 77.2 Å². The number of carbonyl (C=O) groups excluding carboxylic acids is 3. The summed E-state index contributed by atoms with van der Waals surface area (Å²) >= 11 is 0. The normalized spacial score (nSPS) is 16.9. The number of nitrogens with one attached hydrogen (secondary N) is 2. The second-order valence-corrected chi connectivity index (χ2v) is 10.5. The van der Waals surface area contributed by atoms with Gasteiger partial charge in [0.15, 0.2) is 0 Å². The minimum atomic E-state index is -0.386. The zero-order chi connectivity index (χ0) is 28.9. The van der Waals surface area contributed by atoms with Crippen LogP contribution in [0.15, 0.2) is 66.7 Å². The molecule has 2 heterocycles. The molecule has 5 rings (SSSR count). The molecule has 1 unspecified atom stereocenters. The van der Waals surface area contributed by atoms with Gasteiger partial charge in [-0.2, -0.15) is 0 Å². The van der Waals surface area contributed by atoms with E-state index in [4.69, 9.17) is 4.74 Å². The van der Waals surface area contributed by atoms with Gasteiger partial charge in [-0.3, -0.25) is 9.59 Å². The highest BCUT2D eigenvalue weighted by atomic mass is 16.6. The van der Waals surface area contributed by atoms with Gasteiger partial charge in [-0.25, -0.2) is 4.79 Å². The van der Waals surface area contributed by atoms with Crippen molar-refractivity contribution in [3.05, 3.63) is 94.5 Å². The molecule has 8 heteroatoms. The Morgan fingerprint density at radius 1 is 0.854 bits per heavy atom. The Bertz CT molecular complexity index is 1400. The van der Waals surface area contributed by atoms with E-state index in [1.807, 2.05) is 47.4 Å². The molecule has 0 saturated carbocycles. The van der Waals surface area contributed by atoms with E-state index in [-0.39, 0.29) is 30.1 Å². The highest BCUT2D eigenvalue weighted by Crippen LogP contribution is 2.39. The fourth-order valence-corrected chi connectivity index (χ4v) is 5.61. The molecule has 214 valence electrons. The van der Waals surface area contributed by atoms with Gasteiger partial charge in [0.05, 0.1) is 6.61 Å². The van der Waals surface area contributed by atoms with Crippen molar-refractivity contribution in [2.45, 2.75) is 58.7 Å². The SMILES string of the molecule is CCOC(=O)N1CCC(N2C(=O)c3cc(C(=O)Nc4ccc(CC)cc4)ccc3C2Nc2ccc(CC)cc2)CC1. The van der Waals surface area contributed by atoms with E-state index in [0.717, 1.165) is 24.1 Å². The fourth-order valence-electron chi connectivity index (χ4n) is 5.61. The van der Waals surface area contributed by atoms with Gasteiger partial charge in [0.1, 0.15) is 6.17 Å². The molecule has 0 bridgehead atoms. The molecule has 8 nitrogen and oxygen atoms in total. The summed E-state index contributed by atoms with van der Waals surface area (Å²) in [5.74, 6) is -0.370. The molecule has 1 atom stereocenters. The standard InChI is InChI=1S/C33H38N4O4/c1-4-22-7-12-25(13-8-22)34-30-28-16-11-24(31(38)35-26-14-9-23(5-2)10-15-26)21-29(28)32(39)37(30)27-17-19-36(20-18-27)33(40)41-6-3/h7-16,21,27,30,34H,4-6,17-20H2,1-3H3,(H,35,38). The second-order valence-electron chi connectivity index (χ2n) is 10.5. The number of piperidine rings is 1. The largest absolute Gasteiger partial charge is 0.450 e. The van der Waals surface area contributed by atoms with Crippen LogP contribution >= 0.6 is 0 Å². The molecule has 2 aliphatic heterocycles. The number of likely N-dealkylation sites (tertiary alicyclic amines) is 1. The second kappa shape index (κ2) is 12.5. The lowest BCUT2D eigenvalue weighted by atomic mass is 10.0. The van der Waals surface area contributed by atoms with Gasteiger partial charge >= 0.3 is 6.09 Å². The third kappa shape index (κ3) is 6.06. The van der Waals surface area contributed by atoms with Crippen molar-refractivity contribution in [2.75, 3.05) is 30.3 Å². The van der Waals surface area contributed by atoms with Crippen LogP contribution in [0.5, 0.6) is 0 Å². The first-order chi connectivity index (χ1) is 19.9. The van der Waals surface area contributed by atoms with Crippen LogP contribution < -0.4 is 10.6 Å². The van der Waals surface area contributed by atoms with Crippen molar-refractivity contribution in [3.8, 4) is 0 Å². The van der Waals surface area contributed by atoms with Gasteiger partial charge in [-0.1, -0.05) is 44.2 Å². The lowest BCUT2D eigenvalue weighted by molar-refractivity contribution is 0.0496. The zero-order valence-electron chi connectivity index (χ0n) is 24.0. The Balaban J connectivity index is 1.40. The number of amides is 3. The summed E-state index contributed by atoms with van der Waals surface area (Å²) in [5, 5.41) is 6.53. The van der Waals surface area contributed by atoms with Crippen molar-refractivity contribution in [1.29, 1.82) is 0 Å². The number of anilines is 2. The van der Waals surface area contributed by atoms with Crippen molar-refractivity contribution in [3.63, 3.8) is 0 Å². The maximum Gasteiger partial charge on any atom is 0.409 e. The van der Waals surface area contributed by atoms with Crippen LogP contribution in [0.3, 0.4) is 0 Å². The van der Waals surface area contributed by atoms with Gasteiger partial charge in [0.25, 0.3) is 11.8 Å². The lowest BCUT2D eigenvalue weighted by Gasteiger charge is -2.39. The maximum atomic E-state index is 14.0. The first-order valence-electron chi connectivity index (χ1n) is 14.6. The van der Waals surface area contributed by atoms with Crippen molar-refractivity contribution < 1.29 is 19.1 Å². The van der Waals surface area contributed by atoms with E-state index >= 15 is 0 Å². The predicted octanol–water partition coefficient (Wildman–Crippen LogP) is 6.25. The molecule has 3 aromatic rings. The van der Waals surface area contributed by atoms with Crippen molar-refractivity contribution in [1.82, 2.24) is 9.80 Å². The fraction of sp³-hybridized carbons (Fsp3) is 0.364. The summed E-state index contributed by atoms with van der Waals surface area (Å²) in [6, 6.07) is 21.3. The number of nitrogens with zero attached hydrogens (tertiary/aromatic N) is 2. The molecule has 2 N–H and O–H groups in total. The van der Waals surface area contributed by atoms with Crippen LogP contribution in [0.2, 0.25) is 0 Å². The predicted molar refractivity (Wildman–Crippen MR) is 160 cm³/mol. The molecule has 0 aliphatic carbocycles. The zero-order valence-corrected chi connectivity index (χ0v) is 24.0. The Labute approximate surface area is 241 Å². The van der Waals surface area contributed by atoms with E-state index in [0.29, 0.717) is 49.4 Å². The van der Waals surface area contributed by atoms with E-state index in [1.54, 1.807) is 24.0 Å². The van der Waals surface area contributed by atoms with Gasteiger partial charge < -0.3 is 25.2 Å². The van der Waals surface area contributed by atoms with Crippen LogP contribution in [-0.2, 0) is 17.6 Å². The minimum absolute atomic E-state index is 0.0673. The number of hydrogen-bond donors (Lipinski definition) is 2. The first kappa shape index (κ1) is 28.2. The summed E-state index contributed by atoms with van der Waals surface area (Å²) in [5.41, 5.74) is 5.86. The van der Waals surface area contributed by atoms with Crippen LogP contribution in [0, 0.1) is 0 Å². The molecule has 0 radical (unpaired) electrons. The van der Waals surface area contributed by atoms with Gasteiger partial charge in [-0.15, -0.1) is 0 Å². The Kier molecular flexibility index (Phi) is 8.57. The number of aryl methyl sites for hydroxylation is 2. The summed E-state index contributed by atoms with van der Waals surface area (Å²) in [4.78, 5) is 43.0. The van der Waals surface area contributed by atoms with Crippen LogP contribution in [-0.4, -0.2) is 53.4 Å². The Hall–Kier alpha value is -4.33. The van der Waals surface area contributed by atoms with Gasteiger partial charge in [0, 0.05) is 47.2 Å². The topological polar surface area (TPSA) is 91.0 Å². The van der Waals surface area contributed by atoms with E-state index in [2.05, 4.69) is 36.6 Å². The Morgan fingerprint density at radius 3 is 2.05 bits per heavy atom. The number of benzene rings is 3. The molecule has 0 spiro atoms. The molecule has 0 aromatic heterocycles. The molecule has 41 heavy (non-hydrogen) atoms. The average molecular weight is 555 g/mol. The van der Waals surface area contributed by atoms with Crippen LogP contribution in [0.4, 0.5) is 16.2 Å². The number of rotatable bonds is 8. The third-order valence-corrected chi connectivity index (χ3v) is 8.02. The number of ether oxygens (including phenoxy) is 1. The van der Waals surface area contributed by atoms with Crippen molar-refractivity contribution in [2.24, 2.45) is 0 Å². The molecular weight excluding hydrogens is 516 g/mol. The summed E-state index contributed by atoms with van der Waals surface area (Å²) in [6.45, 7) is 7.38. The quantitative estimate of drug-likeness (QED) is 0.343. The van der Waals surface area contributed by atoms with Crippen LogP contribution in [0.25, 0.3) is 0 Å². The number of fused-ring (bicyclic) bond motifs is 1. The Morgan fingerprint density at radius 2 is 1.46 bits per heavy atom. The van der Waals surface area contributed by atoms with Crippen molar-refractivity contribution >= 4 is 29.3 Å². The highest BCUT2D eigenvalue weighted by molar-refractivity contribution is 6.07. The summed E-state index contributed by atoms with van der Waals surface area (Å²) < 4.78 is 5.18. The molecule has 3 amide bonds. The van der Waals surface area contributed by atoms with Gasteiger partial charge in [0.2, 0.25) is 0 Å². The highest BCUT2D eigenvalue weighted by Gasteiger charge is 2.42. The molecular formula is C33H38N4O4. The van der Waals surface area contributed by atoms with Gasteiger partial charge in [-0.05, 0) is 80.1 Å². The molecule has 1 fully saturated rings. The number of hydrogen-bond acceptors (Lipinski definition) is 5. The maximum absolute atomic E-state index is 14.0. The summed E-state index contributed by atoms with van der Waals surface area (Å²) in [7, 11) is 0. The van der Waals surface area contributed by atoms with E-state index < -0.39 is 0 Å². The summed E-state index contributed by atoms with van der Waals surface area (Å²) in [6.07, 6.45) is 2.47. The molecule has 2 aliphatic rings. The molecule has 3 aromatic carbocycles. The monoisotopic (exact) mass is 554 g/mol. The first-order valence-corrected chi connectivity index (χ1v) is 14.6. The average Bonchev–Trinajstić information content (AvgIpc) is 3.28. The smallest absolute Gasteiger partial charge is 0.409 e. The van der Waals surface area contributed by atoms with E-state index in [1.165, 1.54) is 11.1 Å². The number of carbonyl (C=O) groups is 3.